The van der Waals surface area contributed by atoms with E-state index >= 15 is 0 Å². The number of thiazole rings is 1. The van der Waals surface area contributed by atoms with E-state index in [4.69, 9.17) is 9.73 Å². The Balaban J connectivity index is 0.964. The molecular weight excluding hydrogens is 783 g/mol. The highest BCUT2D eigenvalue weighted by atomic mass is 32.1. The zero-order valence-corrected chi connectivity index (χ0v) is 36.8. The van der Waals surface area contributed by atoms with Crippen molar-refractivity contribution in [1.29, 1.82) is 0 Å². The minimum Gasteiger partial charge on any atom is -0.493 e. The van der Waals surface area contributed by atoms with Gasteiger partial charge in [0, 0.05) is 47.7 Å². The van der Waals surface area contributed by atoms with Crippen LogP contribution in [0.2, 0.25) is 0 Å². The number of amides is 2. The van der Waals surface area contributed by atoms with Gasteiger partial charge in [-0.15, -0.1) is 32.9 Å². The Morgan fingerprint density at radius 2 is 1.69 bits per heavy atom. The number of ether oxygens (including phenoxy) is 1. The molecule has 2 aliphatic heterocycles. The largest absolute Gasteiger partial charge is 0.493 e. The van der Waals surface area contributed by atoms with Crippen molar-refractivity contribution in [2.75, 3.05) is 13.2 Å². The minimum atomic E-state index is -0.847. The molecule has 5 aromatic rings. The number of aryl methyl sites for hydroxylation is 3. The van der Waals surface area contributed by atoms with Crippen molar-refractivity contribution in [3.05, 3.63) is 98.5 Å². The van der Waals surface area contributed by atoms with Gasteiger partial charge in [0.1, 0.15) is 34.4 Å². The molecule has 2 N–H and O–H groups in total. The first-order valence-corrected chi connectivity index (χ1v) is 21.9. The number of nitrogens with one attached hydrogen (secondary N) is 1. The van der Waals surface area contributed by atoms with Crippen molar-refractivity contribution in [2.45, 2.75) is 106 Å². The quantitative estimate of drug-likeness (QED) is 0.129. The molecule has 3 aromatic heterocycles. The van der Waals surface area contributed by atoms with Crippen LogP contribution in [-0.4, -0.2) is 78.4 Å². The Labute approximate surface area is 353 Å². The lowest BCUT2D eigenvalue weighted by molar-refractivity contribution is -0.146. The first-order chi connectivity index (χ1) is 28.0. The van der Waals surface area contributed by atoms with Crippen molar-refractivity contribution in [2.24, 2.45) is 16.3 Å². The summed E-state index contributed by atoms with van der Waals surface area (Å²) in [5.74, 6) is 0.832. The Morgan fingerprint density at radius 1 is 1.00 bits per heavy atom. The van der Waals surface area contributed by atoms with E-state index in [0.717, 1.165) is 55.2 Å². The summed E-state index contributed by atoms with van der Waals surface area (Å²) < 4.78 is 8.16. The Morgan fingerprint density at radius 3 is 2.36 bits per heavy atom. The number of carbonyl (C=O) groups is 3. The van der Waals surface area contributed by atoms with Crippen molar-refractivity contribution < 1.29 is 24.2 Å². The van der Waals surface area contributed by atoms with Crippen LogP contribution in [0.5, 0.6) is 5.75 Å². The van der Waals surface area contributed by atoms with Crippen molar-refractivity contribution in [3.8, 4) is 21.2 Å². The van der Waals surface area contributed by atoms with Gasteiger partial charge in [0.15, 0.2) is 5.82 Å². The normalized spacial score (nSPS) is 18.7. The fourth-order valence-corrected chi connectivity index (χ4v) is 9.99. The van der Waals surface area contributed by atoms with Crippen molar-refractivity contribution in [1.82, 2.24) is 30.0 Å². The topological polar surface area (TPSA) is 152 Å². The number of aliphatic hydroxyl groups is 1. The number of Topliss-reactive ketones (excluding diaryl/α,β-unsaturated/α-hetero) is 1. The van der Waals surface area contributed by atoms with Crippen LogP contribution in [-0.2, 0) is 14.4 Å². The zero-order valence-electron chi connectivity index (χ0n) is 35.2. The van der Waals surface area contributed by atoms with Gasteiger partial charge in [0.05, 0.1) is 40.5 Å². The molecule has 59 heavy (non-hydrogen) atoms. The second-order valence-corrected chi connectivity index (χ2v) is 18.9. The smallest absolute Gasteiger partial charge is 0.243 e. The number of hydrogen-bond acceptors (Lipinski definition) is 11. The predicted octanol–water partition coefficient (Wildman–Crippen LogP) is 7.83. The molecule has 1 saturated heterocycles. The number of fused-ring (bicyclic) bond motifs is 3. The molecule has 1 fully saturated rings. The maximum Gasteiger partial charge on any atom is 0.243 e. The molecule has 0 saturated carbocycles. The fraction of sp³-hybridized carbons (Fsp3) is 0.444. The second kappa shape index (κ2) is 16.9. The fourth-order valence-electron chi connectivity index (χ4n) is 7.97. The van der Waals surface area contributed by atoms with Crippen LogP contribution < -0.4 is 10.1 Å². The molecule has 7 rings (SSSR count). The van der Waals surface area contributed by atoms with E-state index in [9.17, 15) is 19.5 Å². The molecule has 0 aliphatic carbocycles. The van der Waals surface area contributed by atoms with Gasteiger partial charge >= 0.3 is 0 Å². The molecule has 2 amide bonds. The van der Waals surface area contributed by atoms with E-state index in [0.29, 0.717) is 5.75 Å². The summed E-state index contributed by atoms with van der Waals surface area (Å²) >= 11 is 3.30. The number of ketones is 1. The van der Waals surface area contributed by atoms with Crippen LogP contribution in [0.25, 0.3) is 15.4 Å². The van der Waals surface area contributed by atoms with Gasteiger partial charge < -0.3 is 20.1 Å². The minimum absolute atomic E-state index is 0.000204. The Bertz CT molecular complexity index is 2390. The number of β-amino-alcohol motifs (C(OH)–C–C–N with tert-alkyl or cyclic N) is 1. The van der Waals surface area contributed by atoms with Crippen molar-refractivity contribution >= 4 is 46.0 Å². The number of thiophene rings is 1. The van der Waals surface area contributed by atoms with Crippen LogP contribution >= 0.6 is 22.7 Å². The number of likely N-dealkylation sites (tertiary alicyclic amines) is 1. The average Bonchev–Trinajstić information content (AvgIpc) is 3.96. The van der Waals surface area contributed by atoms with Crippen LogP contribution in [0.3, 0.4) is 0 Å². The molecule has 5 atom stereocenters. The van der Waals surface area contributed by atoms with Gasteiger partial charge in [-0.1, -0.05) is 45.0 Å². The van der Waals surface area contributed by atoms with E-state index in [1.165, 1.54) is 15.3 Å². The van der Waals surface area contributed by atoms with Crippen LogP contribution in [0.1, 0.15) is 110 Å². The number of aromatic nitrogens is 4. The van der Waals surface area contributed by atoms with Crippen LogP contribution in [0, 0.1) is 39.0 Å². The third-order valence-electron chi connectivity index (χ3n) is 11.5. The van der Waals surface area contributed by atoms with Gasteiger partial charge in [-0.2, -0.15) is 0 Å². The maximum atomic E-state index is 14.2. The number of benzene rings is 2. The molecule has 12 nitrogen and oxygen atoms in total. The van der Waals surface area contributed by atoms with Gasteiger partial charge in [0.25, 0.3) is 0 Å². The summed E-state index contributed by atoms with van der Waals surface area (Å²) in [4.78, 5) is 54.6. The first-order valence-electron chi connectivity index (χ1n) is 20.2. The second-order valence-electron chi connectivity index (χ2n) is 16.9. The van der Waals surface area contributed by atoms with Crippen molar-refractivity contribution in [3.63, 3.8) is 0 Å². The molecule has 0 spiro atoms. The third-order valence-corrected chi connectivity index (χ3v) is 13.7. The van der Waals surface area contributed by atoms with Gasteiger partial charge in [0.2, 0.25) is 11.8 Å². The number of carbonyl (C=O) groups excluding carboxylic acids is 3. The highest BCUT2D eigenvalue weighted by molar-refractivity contribution is 7.15. The molecule has 0 radical (unpaired) electrons. The predicted molar refractivity (Wildman–Crippen MR) is 232 cm³/mol. The third kappa shape index (κ3) is 8.66. The lowest BCUT2D eigenvalue weighted by Gasteiger charge is -2.35. The monoisotopic (exact) mass is 835 g/mol. The number of aliphatic imine (C=N–C) groups is 1. The van der Waals surface area contributed by atoms with Gasteiger partial charge in [-0.3, -0.25) is 23.9 Å². The lowest BCUT2D eigenvalue weighted by atomic mass is 9.76. The molecular formula is C45H53N7O5S2. The maximum absolute atomic E-state index is 14.2. The van der Waals surface area contributed by atoms with E-state index in [1.54, 1.807) is 22.7 Å². The number of hydrogen-bond donors (Lipinski definition) is 2. The van der Waals surface area contributed by atoms with Gasteiger partial charge in [-0.25, -0.2) is 4.98 Å². The molecule has 2 aliphatic rings. The zero-order chi connectivity index (χ0) is 42.3. The number of rotatable bonds is 12. The Kier molecular flexibility index (Phi) is 12.1. The van der Waals surface area contributed by atoms with E-state index in [2.05, 4.69) is 38.9 Å². The van der Waals surface area contributed by atoms with E-state index in [-0.39, 0.29) is 62.1 Å². The Hall–Kier alpha value is -5.05. The standard InChI is InChI=1S/C45H53N7O5S2/c1-24-28(5)59-44-38(24)39(47-27(4)41-50-49-29(6)52(41)44)31-14-16-35(17-15-31)57-19-18-33(53)20-36(45(7,8)9)43(56)51-22-34(54)21-37(51)42(55)48-25(2)30-10-12-32(13-11-30)40-26(3)46-23-58-40/h10-17,23,25,27,34,36-37,54H,18-22H2,1-9H3,(H,48,55)/t25-,27-,34+,36+,37-/m0/s1. The molecule has 310 valence electrons. The molecule has 2 aromatic carbocycles. The lowest BCUT2D eigenvalue weighted by Crippen LogP contribution is -2.50. The van der Waals surface area contributed by atoms with Crippen LogP contribution in [0.4, 0.5) is 0 Å². The summed E-state index contributed by atoms with van der Waals surface area (Å²) in [6.45, 7) is 18.1. The van der Waals surface area contributed by atoms with Gasteiger partial charge in [-0.05, 0) is 87.9 Å². The molecule has 0 unspecified atom stereocenters. The highest BCUT2D eigenvalue weighted by Crippen LogP contribution is 2.39. The molecule has 0 bridgehead atoms. The first kappa shape index (κ1) is 42.1. The number of nitrogens with zero attached hydrogens (tertiary/aromatic N) is 6. The van der Waals surface area contributed by atoms with Crippen LogP contribution in [0.15, 0.2) is 59.0 Å². The highest BCUT2D eigenvalue weighted by Gasteiger charge is 2.44. The summed E-state index contributed by atoms with van der Waals surface area (Å²) in [5, 5.41) is 23.6. The SMILES string of the molecule is Cc1ncsc1-c1ccc([C@H](C)NC(=O)[C@@H]2C[C@@H](O)CN2C(=O)[C@@H](CC(=O)CCOc2ccc(C3=N[C@@H](C)c4nnc(C)n4-c4sc(C)c(C)c43)cc2)C(C)(C)C)cc1. The summed E-state index contributed by atoms with van der Waals surface area (Å²) in [6, 6.07) is 14.4. The van der Waals surface area contributed by atoms with E-state index in [1.807, 2.05) is 103 Å². The van der Waals surface area contributed by atoms with E-state index < -0.39 is 23.5 Å². The summed E-state index contributed by atoms with van der Waals surface area (Å²) in [6.07, 6.45) is -0.591. The average molecular weight is 836 g/mol. The summed E-state index contributed by atoms with van der Waals surface area (Å²) in [7, 11) is 0. The molecule has 5 heterocycles. The molecule has 14 heteroatoms. The summed E-state index contributed by atoms with van der Waals surface area (Å²) in [5.41, 5.74) is 8.32. The number of aliphatic hydroxyl groups excluding tert-OH is 1.